The number of hydrogen-bond donors (Lipinski definition) is 3. The number of amides is 4. The van der Waals surface area contributed by atoms with Crippen molar-refractivity contribution in [2.75, 3.05) is 26.8 Å². The van der Waals surface area contributed by atoms with Crippen molar-refractivity contribution < 1.29 is 48.1 Å². The van der Waals surface area contributed by atoms with E-state index in [1.54, 1.807) is 24.3 Å². The monoisotopic (exact) mass is 590 g/mol. The Balaban J connectivity index is 1.72. The first kappa shape index (κ1) is 32.3. The highest BCUT2D eigenvalue weighted by molar-refractivity contribution is 5.95. The fraction of sp³-hybridized carbons (Fsp3) is 0.571. The summed E-state index contributed by atoms with van der Waals surface area (Å²) in [6.45, 7) is 2.37. The molecule has 2 saturated heterocycles. The van der Waals surface area contributed by atoms with Crippen molar-refractivity contribution in [3.05, 3.63) is 35.9 Å². The third kappa shape index (κ3) is 8.18. The van der Waals surface area contributed by atoms with Crippen LogP contribution in [0, 0.1) is 0 Å². The lowest BCUT2D eigenvalue weighted by molar-refractivity contribution is -0.154. The SMILES string of the molecule is COC(=O)C(CO)NC(=O)[C@@H]1CCCN1C(=O)[C@@H]1CCCN1C(=O)[C@H](NC(=O)OCc1ccccc1)[C@H](C)OC(C)=O. The predicted octanol–water partition coefficient (Wildman–Crippen LogP) is -0.135. The molecule has 2 heterocycles. The molecule has 230 valence electrons. The summed E-state index contributed by atoms with van der Waals surface area (Å²) in [5.74, 6) is -3.19. The molecule has 3 N–H and O–H groups in total. The van der Waals surface area contributed by atoms with E-state index in [2.05, 4.69) is 15.4 Å². The van der Waals surface area contributed by atoms with Crippen molar-refractivity contribution in [2.45, 2.75) is 76.4 Å². The first-order valence-corrected chi connectivity index (χ1v) is 13.8. The second-order valence-electron chi connectivity index (χ2n) is 10.1. The first-order valence-electron chi connectivity index (χ1n) is 13.8. The maximum atomic E-state index is 13.8. The molecule has 0 aromatic heterocycles. The molecule has 0 saturated carbocycles. The van der Waals surface area contributed by atoms with Crippen LogP contribution in [0.3, 0.4) is 0 Å². The van der Waals surface area contributed by atoms with Gasteiger partial charge in [0.2, 0.25) is 17.7 Å². The second kappa shape index (κ2) is 15.1. The lowest BCUT2D eigenvalue weighted by atomic mass is 10.1. The molecule has 14 nitrogen and oxygen atoms in total. The van der Waals surface area contributed by atoms with Gasteiger partial charge < -0.3 is 39.8 Å². The van der Waals surface area contributed by atoms with Gasteiger partial charge >= 0.3 is 18.0 Å². The van der Waals surface area contributed by atoms with Gasteiger partial charge in [-0.2, -0.15) is 0 Å². The second-order valence-corrected chi connectivity index (χ2v) is 10.1. The smallest absolute Gasteiger partial charge is 0.408 e. The van der Waals surface area contributed by atoms with Crippen LogP contribution in [0.15, 0.2) is 30.3 Å². The quantitative estimate of drug-likeness (QED) is 0.232. The zero-order valence-corrected chi connectivity index (χ0v) is 23.9. The Labute approximate surface area is 243 Å². The van der Waals surface area contributed by atoms with Gasteiger partial charge in [-0.3, -0.25) is 19.2 Å². The fourth-order valence-corrected chi connectivity index (χ4v) is 5.15. The number of benzene rings is 1. The number of rotatable bonds is 11. The van der Waals surface area contributed by atoms with Crippen molar-refractivity contribution in [1.82, 2.24) is 20.4 Å². The van der Waals surface area contributed by atoms with Crippen LogP contribution < -0.4 is 10.6 Å². The van der Waals surface area contributed by atoms with Crippen molar-refractivity contribution in [2.24, 2.45) is 0 Å². The van der Waals surface area contributed by atoms with E-state index in [4.69, 9.17) is 9.47 Å². The highest BCUT2D eigenvalue weighted by atomic mass is 16.6. The summed E-state index contributed by atoms with van der Waals surface area (Å²) in [6.07, 6.45) is -0.307. The first-order chi connectivity index (χ1) is 20.1. The van der Waals surface area contributed by atoms with Crippen LogP contribution in [-0.2, 0) is 44.8 Å². The van der Waals surface area contributed by atoms with Crippen molar-refractivity contribution in [1.29, 1.82) is 0 Å². The number of aliphatic hydroxyl groups is 1. The molecule has 14 heteroatoms. The van der Waals surface area contributed by atoms with E-state index in [0.717, 1.165) is 12.7 Å². The summed E-state index contributed by atoms with van der Waals surface area (Å²) in [5.41, 5.74) is 0.731. The molecule has 42 heavy (non-hydrogen) atoms. The summed E-state index contributed by atoms with van der Waals surface area (Å²) in [6, 6.07) is 4.48. The predicted molar refractivity (Wildman–Crippen MR) is 145 cm³/mol. The van der Waals surface area contributed by atoms with E-state index in [9.17, 15) is 33.9 Å². The Morgan fingerprint density at radius 1 is 0.976 bits per heavy atom. The minimum Gasteiger partial charge on any atom is -0.467 e. The van der Waals surface area contributed by atoms with Gasteiger partial charge in [-0.1, -0.05) is 30.3 Å². The van der Waals surface area contributed by atoms with E-state index in [1.165, 1.54) is 23.6 Å². The Morgan fingerprint density at radius 3 is 2.24 bits per heavy atom. The van der Waals surface area contributed by atoms with E-state index in [0.29, 0.717) is 25.7 Å². The number of carbonyl (C=O) groups is 6. The van der Waals surface area contributed by atoms with Gasteiger partial charge in [0.1, 0.15) is 30.8 Å². The number of methoxy groups -OCH3 is 1. The van der Waals surface area contributed by atoms with Gasteiger partial charge in [0.05, 0.1) is 13.7 Å². The van der Waals surface area contributed by atoms with E-state index in [-0.39, 0.29) is 19.7 Å². The number of carbonyl (C=O) groups excluding carboxylic acids is 6. The molecule has 2 fully saturated rings. The van der Waals surface area contributed by atoms with E-state index in [1.807, 2.05) is 6.07 Å². The van der Waals surface area contributed by atoms with Crippen LogP contribution in [-0.4, -0.2) is 108 Å². The van der Waals surface area contributed by atoms with Gasteiger partial charge in [-0.05, 0) is 38.2 Å². The maximum absolute atomic E-state index is 13.8. The Hall–Kier alpha value is -4.20. The molecule has 1 aromatic rings. The number of likely N-dealkylation sites (tertiary alicyclic amines) is 2. The molecule has 5 atom stereocenters. The molecule has 2 aliphatic heterocycles. The van der Waals surface area contributed by atoms with E-state index >= 15 is 0 Å². The van der Waals surface area contributed by atoms with Crippen LogP contribution in [0.1, 0.15) is 45.1 Å². The number of esters is 2. The van der Waals surface area contributed by atoms with Crippen LogP contribution in [0.25, 0.3) is 0 Å². The Morgan fingerprint density at radius 2 is 1.62 bits per heavy atom. The Bertz CT molecular complexity index is 1150. The normalized spacial score (nSPS) is 20.2. The number of alkyl carbamates (subject to hydrolysis) is 1. The molecule has 3 rings (SSSR count). The van der Waals surface area contributed by atoms with Crippen LogP contribution >= 0.6 is 0 Å². The highest BCUT2D eigenvalue weighted by Gasteiger charge is 2.45. The van der Waals surface area contributed by atoms with Gasteiger partial charge in [0.25, 0.3) is 0 Å². The van der Waals surface area contributed by atoms with Crippen LogP contribution in [0.4, 0.5) is 4.79 Å². The van der Waals surface area contributed by atoms with Gasteiger partial charge in [0, 0.05) is 20.0 Å². The Kier molecular flexibility index (Phi) is 11.7. The highest BCUT2D eigenvalue weighted by Crippen LogP contribution is 2.26. The molecule has 0 radical (unpaired) electrons. The van der Waals surface area contributed by atoms with E-state index < -0.39 is 72.6 Å². The summed E-state index contributed by atoms with van der Waals surface area (Å²) in [4.78, 5) is 79.2. The molecule has 1 unspecified atom stereocenters. The average molecular weight is 591 g/mol. The zero-order valence-electron chi connectivity index (χ0n) is 23.9. The lowest BCUT2D eigenvalue weighted by Crippen LogP contribution is -2.59. The summed E-state index contributed by atoms with van der Waals surface area (Å²) >= 11 is 0. The fourth-order valence-electron chi connectivity index (χ4n) is 5.15. The molecule has 2 aliphatic rings. The van der Waals surface area contributed by atoms with Crippen molar-refractivity contribution in [3.63, 3.8) is 0 Å². The van der Waals surface area contributed by atoms with Gasteiger partial charge in [0.15, 0.2) is 6.04 Å². The average Bonchev–Trinajstić information content (AvgIpc) is 3.67. The minimum atomic E-state index is -1.34. The van der Waals surface area contributed by atoms with Gasteiger partial charge in [-0.15, -0.1) is 0 Å². The largest absolute Gasteiger partial charge is 0.467 e. The third-order valence-corrected chi connectivity index (χ3v) is 7.22. The molecule has 0 bridgehead atoms. The summed E-state index contributed by atoms with van der Waals surface area (Å²) in [5, 5.41) is 14.4. The number of nitrogens with one attached hydrogen (secondary N) is 2. The number of hydrogen-bond acceptors (Lipinski definition) is 10. The molecular formula is C28H38N4O10. The minimum absolute atomic E-state index is 0.0497. The lowest BCUT2D eigenvalue weighted by Gasteiger charge is -2.34. The maximum Gasteiger partial charge on any atom is 0.408 e. The summed E-state index contributed by atoms with van der Waals surface area (Å²) < 4.78 is 15.1. The number of ether oxygens (including phenoxy) is 3. The molecule has 0 spiro atoms. The number of nitrogens with zero attached hydrogens (tertiary/aromatic N) is 2. The van der Waals surface area contributed by atoms with Crippen LogP contribution in [0.2, 0.25) is 0 Å². The molecular weight excluding hydrogens is 552 g/mol. The van der Waals surface area contributed by atoms with Crippen molar-refractivity contribution >= 4 is 35.8 Å². The zero-order chi connectivity index (χ0) is 30.8. The number of aliphatic hydroxyl groups excluding tert-OH is 1. The molecule has 0 aliphatic carbocycles. The van der Waals surface area contributed by atoms with Gasteiger partial charge in [-0.25, -0.2) is 9.59 Å². The topological polar surface area (TPSA) is 181 Å². The van der Waals surface area contributed by atoms with Crippen LogP contribution in [0.5, 0.6) is 0 Å². The standard InChI is InChI=1S/C28H38N4O10/c1-17(42-18(2)34)23(30-28(39)41-16-19-9-5-4-6-10-19)26(37)32-14-8-12-22(32)25(36)31-13-7-11-21(31)24(35)29-20(15-33)27(38)40-3/h4-6,9-10,17,20-23,33H,7-8,11-16H2,1-3H3,(H,29,35)(H,30,39)/t17-,20?,21-,22-,23+/m0/s1. The molecule has 1 aromatic carbocycles. The summed E-state index contributed by atoms with van der Waals surface area (Å²) in [7, 11) is 1.13. The van der Waals surface area contributed by atoms with Crippen molar-refractivity contribution in [3.8, 4) is 0 Å². The molecule has 4 amide bonds. The third-order valence-electron chi connectivity index (χ3n) is 7.22.